The Kier molecular flexibility index (Phi) is 10.1. The largest absolute Gasteiger partial charge is 0.473 e. The van der Waals surface area contributed by atoms with Crippen molar-refractivity contribution in [1.29, 1.82) is 0 Å². The Bertz CT molecular complexity index is 906. The van der Waals surface area contributed by atoms with Crippen molar-refractivity contribution in [3.8, 4) is 0 Å². The average molecular weight is 497 g/mol. The van der Waals surface area contributed by atoms with Crippen LogP contribution in [0.15, 0.2) is 0 Å². The van der Waals surface area contributed by atoms with Gasteiger partial charge in [0, 0.05) is 45.8 Å². The molecule has 2 aliphatic rings. The molecule has 2 aliphatic heterocycles. The lowest BCUT2D eigenvalue weighted by molar-refractivity contribution is -0.159. The first-order valence-electron chi connectivity index (χ1n) is 11.6. The van der Waals surface area contributed by atoms with Crippen LogP contribution in [0.5, 0.6) is 0 Å². The van der Waals surface area contributed by atoms with Crippen molar-refractivity contribution in [2.75, 3.05) is 46.9 Å². The Labute approximate surface area is 204 Å². The molecular weight excluding hydrogens is 460 g/mol. The first-order chi connectivity index (χ1) is 16.5. The number of aromatic nitrogens is 3. The van der Waals surface area contributed by atoms with Crippen molar-refractivity contribution in [2.24, 2.45) is 5.41 Å². The number of aryl methyl sites for hydroxylation is 1. The monoisotopic (exact) mass is 496 g/mol. The third kappa shape index (κ3) is 7.72. The van der Waals surface area contributed by atoms with Crippen molar-refractivity contribution in [2.45, 2.75) is 52.1 Å². The van der Waals surface area contributed by atoms with Gasteiger partial charge in [-0.2, -0.15) is 0 Å². The highest BCUT2D eigenvalue weighted by Crippen LogP contribution is 2.40. The van der Waals surface area contributed by atoms with Gasteiger partial charge in [0.25, 0.3) is 5.91 Å². The topological polar surface area (TPSA) is 167 Å². The lowest BCUT2D eigenvalue weighted by Gasteiger charge is -2.29. The Hall–Kier alpha value is -3.06. The van der Waals surface area contributed by atoms with Crippen molar-refractivity contribution >= 4 is 23.8 Å². The molecule has 0 saturated carbocycles. The lowest BCUT2D eigenvalue weighted by atomic mass is 9.80. The van der Waals surface area contributed by atoms with Gasteiger partial charge in [-0.3, -0.25) is 14.5 Å². The van der Waals surface area contributed by atoms with E-state index in [1.807, 2.05) is 16.5 Å². The van der Waals surface area contributed by atoms with E-state index in [0.29, 0.717) is 38.1 Å². The molecule has 0 radical (unpaired) electrons. The molecule has 1 fully saturated rings. The fraction of sp³-hybridized carbons (Fsp3) is 0.727. The molecule has 13 nitrogen and oxygen atoms in total. The van der Waals surface area contributed by atoms with Gasteiger partial charge in [0.15, 0.2) is 0 Å². The average Bonchev–Trinajstić information content (AvgIpc) is 3.36. The smallest absolute Gasteiger partial charge is 0.414 e. The summed E-state index contributed by atoms with van der Waals surface area (Å²) < 4.78 is 6.93. The molecule has 0 bridgehead atoms. The fourth-order valence-corrected chi connectivity index (χ4v) is 4.17. The minimum absolute atomic E-state index is 0.108. The number of carboxylic acids is 2. The molecule has 1 aromatic heterocycles. The molecule has 1 spiro atoms. The van der Waals surface area contributed by atoms with Crippen LogP contribution in [0.3, 0.4) is 0 Å². The zero-order valence-electron chi connectivity index (χ0n) is 20.8. The second kappa shape index (κ2) is 12.6. The van der Waals surface area contributed by atoms with E-state index in [9.17, 15) is 9.59 Å². The molecule has 196 valence electrons. The van der Waals surface area contributed by atoms with E-state index in [4.69, 9.17) is 24.5 Å². The summed E-state index contributed by atoms with van der Waals surface area (Å²) in [5.74, 6) is -2.41. The molecule has 0 aromatic carbocycles. The number of nitrogens with one attached hydrogen (secondary N) is 1. The SMILES string of the molecule is COCCNC(=O)c1nnc2n1CCC1(CC2)CCN(C(=O)CN(C)C(C)C)C1.O=C(O)C(=O)O. The minimum Gasteiger partial charge on any atom is -0.473 e. The quantitative estimate of drug-likeness (QED) is 0.337. The summed E-state index contributed by atoms with van der Waals surface area (Å²) in [5.41, 5.74) is 0.108. The van der Waals surface area contributed by atoms with Crippen LogP contribution in [0.25, 0.3) is 0 Å². The van der Waals surface area contributed by atoms with Gasteiger partial charge < -0.3 is 29.7 Å². The molecule has 1 unspecified atom stereocenters. The molecule has 1 aromatic rings. The number of likely N-dealkylation sites (N-methyl/N-ethyl adjacent to an activating group) is 1. The molecule has 1 atom stereocenters. The molecule has 0 aliphatic carbocycles. The van der Waals surface area contributed by atoms with E-state index in [0.717, 1.165) is 44.6 Å². The number of hydrogen-bond donors (Lipinski definition) is 3. The van der Waals surface area contributed by atoms with E-state index in [1.165, 1.54) is 0 Å². The molecule has 35 heavy (non-hydrogen) atoms. The van der Waals surface area contributed by atoms with E-state index in [-0.39, 0.29) is 17.2 Å². The van der Waals surface area contributed by atoms with E-state index in [2.05, 4.69) is 34.3 Å². The number of carbonyl (C=O) groups excluding carboxylic acids is 2. The van der Waals surface area contributed by atoms with Gasteiger partial charge >= 0.3 is 11.9 Å². The second-order valence-corrected chi connectivity index (χ2v) is 9.27. The van der Waals surface area contributed by atoms with Crippen LogP contribution in [0.1, 0.15) is 49.6 Å². The van der Waals surface area contributed by atoms with Gasteiger partial charge in [-0.05, 0) is 45.6 Å². The van der Waals surface area contributed by atoms with Crippen LogP contribution in [-0.2, 0) is 32.1 Å². The summed E-state index contributed by atoms with van der Waals surface area (Å²) >= 11 is 0. The number of amides is 2. The normalized spacial score (nSPS) is 19.2. The second-order valence-electron chi connectivity index (χ2n) is 9.27. The number of aliphatic carboxylic acids is 2. The van der Waals surface area contributed by atoms with Gasteiger partial charge in [0.05, 0.1) is 13.2 Å². The maximum Gasteiger partial charge on any atom is 0.414 e. The number of carbonyl (C=O) groups is 4. The van der Waals surface area contributed by atoms with Crippen LogP contribution in [-0.4, -0.2) is 112 Å². The third-order valence-electron chi connectivity index (χ3n) is 6.61. The summed E-state index contributed by atoms with van der Waals surface area (Å²) in [6, 6.07) is 0.353. The minimum atomic E-state index is -1.82. The highest BCUT2D eigenvalue weighted by molar-refractivity contribution is 6.27. The van der Waals surface area contributed by atoms with E-state index in [1.54, 1.807) is 7.11 Å². The number of likely N-dealkylation sites (tertiary alicyclic amines) is 1. The number of ether oxygens (including phenoxy) is 1. The van der Waals surface area contributed by atoms with Crippen molar-refractivity contribution < 1.29 is 34.1 Å². The highest BCUT2D eigenvalue weighted by atomic mass is 16.5. The number of carboxylic acid groups (broad SMARTS) is 2. The van der Waals surface area contributed by atoms with Gasteiger partial charge in [0.1, 0.15) is 5.82 Å². The molecule has 1 saturated heterocycles. The van der Waals surface area contributed by atoms with Crippen LogP contribution < -0.4 is 5.32 Å². The van der Waals surface area contributed by atoms with Crippen LogP contribution in [0, 0.1) is 5.41 Å². The zero-order valence-corrected chi connectivity index (χ0v) is 20.8. The molecule has 13 heteroatoms. The first-order valence-corrected chi connectivity index (χ1v) is 11.6. The molecule has 3 N–H and O–H groups in total. The first kappa shape index (κ1) is 28.2. The fourth-order valence-electron chi connectivity index (χ4n) is 4.17. The van der Waals surface area contributed by atoms with Gasteiger partial charge in [-0.1, -0.05) is 0 Å². The van der Waals surface area contributed by atoms with Crippen LogP contribution in [0.2, 0.25) is 0 Å². The summed E-state index contributed by atoms with van der Waals surface area (Å²) in [6.45, 7) is 7.90. The van der Waals surface area contributed by atoms with Crippen molar-refractivity contribution in [3.05, 3.63) is 11.6 Å². The van der Waals surface area contributed by atoms with Crippen LogP contribution >= 0.6 is 0 Å². The highest BCUT2D eigenvalue weighted by Gasteiger charge is 2.41. The van der Waals surface area contributed by atoms with Crippen molar-refractivity contribution in [3.63, 3.8) is 0 Å². The van der Waals surface area contributed by atoms with Gasteiger partial charge in [0.2, 0.25) is 11.7 Å². The molecule has 3 heterocycles. The summed E-state index contributed by atoms with van der Waals surface area (Å²) in [5, 5.41) is 26.0. The maximum absolute atomic E-state index is 12.7. The number of methoxy groups -OCH3 is 1. The van der Waals surface area contributed by atoms with E-state index < -0.39 is 11.9 Å². The molecule has 2 amide bonds. The van der Waals surface area contributed by atoms with Gasteiger partial charge in [-0.15, -0.1) is 10.2 Å². The maximum atomic E-state index is 12.7. The predicted molar refractivity (Wildman–Crippen MR) is 124 cm³/mol. The van der Waals surface area contributed by atoms with E-state index >= 15 is 0 Å². The molecular formula is C22H36N6O7. The number of nitrogens with zero attached hydrogens (tertiary/aromatic N) is 5. The third-order valence-corrected chi connectivity index (χ3v) is 6.61. The number of rotatable bonds is 7. The standard InChI is InChI=1S/C20H34N6O3.C2H2O4/c1-15(2)24(3)13-17(27)25-10-7-20(14-25)6-5-16-22-23-18(26(16)11-8-20)19(28)21-9-12-29-4;3-1(4)2(5)6/h15H,5-14H2,1-4H3,(H,21,28);(H,3,4)(H,5,6). The summed E-state index contributed by atoms with van der Waals surface area (Å²) in [6.07, 6.45) is 3.70. The molecule has 3 rings (SSSR count). The Morgan fingerprint density at radius 1 is 1.11 bits per heavy atom. The zero-order chi connectivity index (χ0) is 26.2. The van der Waals surface area contributed by atoms with Gasteiger partial charge in [-0.25, -0.2) is 9.59 Å². The number of hydrogen-bond acceptors (Lipinski definition) is 8. The summed E-state index contributed by atoms with van der Waals surface area (Å²) in [7, 11) is 3.59. The Balaban J connectivity index is 0.000000641. The predicted octanol–water partition coefficient (Wildman–Crippen LogP) is -0.295. The lowest BCUT2D eigenvalue weighted by Crippen LogP contribution is -2.41. The Morgan fingerprint density at radius 3 is 2.37 bits per heavy atom. The summed E-state index contributed by atoms with van der Waals surface area (Å²) in [4.78, 5) is 47.4. The van der Waals surface area contributed by atoms with Crippen LogP contribution in [0.4, 0.5) is 0 Å². The Morgan fingerprint density at radius 2 is 1.77 bits per heavy atom. The van der Waals surface area contributed by atoms with Crippen molar-refractivity contribution in [1.82, 2.24) is 29.9 Å². The number of fused-ring (bicyclic) bond motifs is 1.